The summed E-state index contributed by atoms with van der Waals surface area (Å²) in [6, 6.07) is 4.94. The molecule has 5 heteroatoms. The van der Waals surface area contributed by atoms with E-state index < -0.39 is 0 Å². The number of amides is 1. The Labute approximate surface area is 119 Å². The molecular formula is C14H22ClN3O. The summed E-state index contributed by atoms with van der Waals surface area (Å²) in [5, 5.41) is 3.51. The zero-order chi connectivity index (χ0) is 14.6. The monoisotopic (exact) mass is 283 g/mol. The fourth-order valence-corrected chi connectivity index (χ4v) is 1.83. The van der Waals surface area contributed by atoms with Gasteiger partial charge in [-0.3, -0.25) is 4.79 Å². The highest BCUT2D eigenvalue weighted by molar-refractivity contribution is 6.31. The number of halogens is 1. The highest BCUT2D eigenvalue weighted by Crippen LogP contribution is 2.27. The van der Waals surface area contributed by atoms with E-state index in [2.05, 4.69) is 19.2 Å². The fourth-order valence-electron chi connectivity index (χ4n) is 1.66. The number of hydrogen-bond acceptors (Lipinski definition) is 3. The third-order valence-corrected chi connectivity index (χ3v) is 3.25. The van der Waals surface area contributed by atoms with Crippen molar-refractivity contribution < 1.29 is 4.79 Å². The largest absolute Gasteiger partial charge is 0.397 e. The van der Waals surface area contributed by atoms with Crippen LogP contribution in [0.15, 0.2) is 18.2 Å². The van der Waals surface area contributed by atoms with Crippen molar-refractivity contribution in [3.8, 4) is 0 Å². The maximum Gasteiger partial charge on any atom is 0.242 e. The van der Waals surface area contributed by atoms with Gasteiger partial charge in [0.25, 0.3) is 0 Å². The van der Waals surface area contributed by atoms with E-state index in [1.807, 2.05) is 18.9 Å². The van der Waals surface area contributed by atoms with Crippen molar-refractivity contribution in [2.75, 3.05) is 24.2 Å². The van der Waals surface area contributed by atoms with Crippen LogP contribution in [-0.4, -0.2) is 25.5 Å². The topological polar surface area (TPSA) is 58.4 Å². The number of nitrogen functional groups attached to an aromatic ring is 1. The molecule has 0 heterocycles. The van der Waals surface area contributed by atoms with Crippen LogP contribution in [0.1, 0.15) is 20.8 Å². The smallest absolute Gasteiger partial charge is 0.242 e. The van der Waals surface area contributed by atoms with Crippen molar-refractivity contribution in [2.24, 2.45) is 5.92 Å². The average molecular weight is 284 g/mol. The Bertz CT molecular complexity index is 448. The van der Waals surface area contributed by atoms with Crippen LogP contribution < -0.4 is 16.0 Å². The molecule has 0 aliphatic carbocycles. The van der Waals surface area contributed by atoms with Crippen molar-refractivity contribution >= 4 is 28.9 Å². The molecule has 0 spiro atoms. The van der Waals surface area contributed by atoms with Crippen LogP contribution in [0.5, 0.6) is 0 Å². The molecule has 0 aromatic heterocycles. The number of nitrogens with two attached hydrogens (primary N) is 1. The number of hydrogen-bond donors (Lipinski definition) is 2. The SMILES string of the molecule is CC(C)CNC(=O)C(C)N(C)c1cc(Cl)ccc1N. The van der Waals surface area contributed by atoms with Gasteiger partial charge in [-0.05, 0) is 31.0 Å². The molecule has 0 aliphatic rings. The summed E-state index contributed by atoms with van der Waals surface area (Å²) < 4.78 is 0. The Morgan fingerprint density at radius 2 is 2.05 bits per heavy atom. The number of likely N-dealkylation sites (N-methyl/N-ethyl adjacent to an activating group) is 1. The molecule has 0 saturated heterocycles. The van der Waals surface area contributed by atoms with E-state index in [0.29, 0.717) is 23.2 Å². The van der Waals surface area contributed by atoms with Crippen molar-refractivity contribution in [2.45, 2.75) is 26.8 Å². The maximum absolute atomic E-state index is 12.0. The molecule has 0 aliphatic heterocycles. The van der Waals surface area contributed by atoms with Gasteiger partial charge in [-0.25, -0.2) is 0 Å². The second-order valence-electron chi connectivity index (χ2n) is 5.13. The number of nitrogens with zero attached hydrogens (tertiary/aromatic N) is 1. The van der Waals surface area contributed by atoms with Crippen molar-refractivity contribution in [1.82, 2.24) is 5.32 Å². The molecule has 106 valence electrons. The van der Waals surface area contributed by atoms with Crippen molar-refractivity contribution in [3.63, 3.8) is 0 Å². The number of rotatable bonds is 5. The Kier molecular flexibility index (Phi) is 5.48. The molecule has 1 amide bonds. The summed E-state index contributed by atoms with van der Waals surface area (Å²) in [4.78, 5) is 13.9. The molecule has 1 unspecified atom stereocenters. The van der Waals surface area contributed by atoms with Crippen molar-refractivity contribution in [3.05, 3.63) is 23.2 Å². The molecule has 0 bridgehead atoms. The van der Waals surface area contributed by atoms with E-state index in [4.69, 9.17) is 17.3 Å². The van der Waals surface area contributed by atoms with E-state index in [1.165, 1.54) is 0 Å². The molecular weight excluding hydrogens is 262 g/mol. The second kappa shape index (κ2) is 6.66. The number of carbonyl (C=O) groups excluding carboxylic acids is 1. The molecule has 4 nitrogen and oxygen atoms in total. The van der Waals surface area contributed by atoms with Crippen molar-refractivity contribution in [1.29, 1.82) is 0 Å². The Hall–Kier alpha value is -1.42. The standard InChI is InChI=1S/C14H22ClN3O/c1-9(2)8-17-14(19)10(3)18(4)13-7-11(15)5-6-12(13)16/h5-7,9-10H,8,16H2,1-4H3,(H,17,19). The van der Waals surface area contributed by atoms with Crippen LogP contribution in [-0.2, 0) is 4.79 Å². The van der Waals surface area contributed by atoms with Gasteiger partial charge in [0.05, 0.1) is 11.4 Å². The Morgan fingerprint density at radius 1 is 1.42 bits per heavy atom. The molecule has 19 heavy (non-hydrogen) atoms. The van der Waals surface area contributed by atoms with Gasteiger partial charge in [0.1, 0.15) is 6.04 Å². The summed E-state index contributed by atoms with van der Waals surface area (Å²) in [6.07, 6.45) is 0. The minimum absolute atomic E-state index is 0.0180. The molecule has 0 saturated carbocycles. The number of benzene rings is 1. The van der Waals surface area contributed by atoms with E-state index >= 15 is 0 Å². The van der Waals surface area contributed by atoms with Gasteiger partial charge in [-0.1, -0.05) is 25.4 Å². The maximum atomic E-state index is 12.0. The lowest BCUT2D eigenvalue weighted by molar-refractivity contribution is -0.122. The first-order valence-electron chi connectivity index (χ1n) is 6.38. The fraction of sp³-hybridized carbons (Fsp3) is 0.500. The molecule has 0 radical (unpaired) electrons. The van der Waals surface area contributed by atoms with Crippen LogP contribution in [0.3, 0.4) is 0 Å². The second-order valence-corrected chi connectivity index (χ2v) is 5.57. The van der Waals surface area contributed by atoms with E-state index in [9.17, 15) is 4.79 Å². The number of carbonyl (C=O) groups is 1. The summed E-state index contributed by atoms with van der Waals surface area (Å²) in [7, 11) is 1.83. The highest BCUT2D eigenvalue weighted by atomic mass is 35.5. The minimum atomic E-state index is -0.306. The van der Waals surface area contributed by atoms with Gasteiger partial charge < -0.3 is 16.0 Å². The van der Waals surface area contributed by atoms with Crippen LogP contribution in [0.25, 0.3) is 0 Å². The van der Waals surface area contributed by atoms with E-state index in [-0.39, 0.29) is 11.9 Å². The predicted octanol–water partition coefficient (Wildman–Crippen LogP) is 2.52. The minimum Gasteiger partial charge on any atom is -0.397 e. The van der Waals surface area contributed by atoms with Crippen LogP contribution >= 0.6 is 11.6 Å². The molecule has 1 aromatic carbocycles. The van der Waals surface area contributed by atoms with Gasteiger partial charge in [-0.15, -0.1) is 0 Å². The summed E-state index contributed by atoms with van der Waals surface area (Å²) >= 11 is 5.97. The summed E-state index contributed by atoms with van der Waals surface area (Å²) in [6.45, 7) is 6.63. The van der Waals surface area contributed by atoms with Gasteiger partial charge >= 0.3 is 0 Å². The summed E-state index contributed by atoms with van der Waals surface area (Å²) in [5.41, 5.74) is 7.29. The van der Waals surface area contributed by atoms with Gasteiger partial charge in [0.2, 0.25) is 5.91 Å². The zero-order valence-electron chi connectivity index (χ0n) is 11.9. The first-order chi connectivity index (χ1) is 8.82. The quantitative estimate of drug-likeness (QED) is 0.817. The molecule has 3 N–H and O–H groups in total. The molecule has 1 rings (SSSR count). The number of nitrogens with one attached hydrogen (secondary N) is 1. The molecule has 1 atom stereocenters. The molecule has 0 fully saturated rings. The first-order valence-corrected chi connectivity index (χ1v) is 6.76. The third kappa shape index (κ3) is 4.31. The van der Waals surface area contributed by atoms with Gasteiger partial charge in [0, 0.05) is 18.6 Å². The summed E-state index contributed by atoms with van der Waals surface area (Å²) in [5.74, 6) is 0.410. The predicted molar refractivity (Wildman–Crippen MR) is 81.6 cm³/mol. The lowest BCUT2D eigenvalue weighted by atomic mass is 10.2. The zero-order valence-corrected chi connectivity index (χ0v) is 12.7. The van der Waals surface area contributed by atoms with Crippen LogP contribution in [0.2, 0.25) is 5.02 Å². The lowest BCUT2D eigenvalue weighted by Crippen LogP contribution is -2.44. The number of anilines is 2. The highest BCUT2D eigenvalue weighted by Gasteiger charge is 2.20. The van der Waals surface area contributed by atoms with E-state index in [0.717, 1.165) is 5.69 Å². The van der Waals surface area contributed by atoms with Crippen LogP contribution in [0, 0.1) is 5.92 Å². The van der Waals surface area contributed by atoms with Gasteiger partial charge in [0.15, 0.2) is 0 Å². The average Bonchev–Trinajstić information content (AvgIpc) is 2.37. The Balaban J connectivity index is 2.78. The first kappa shape index (κ1) is 15.6. The molecule has 1 aromatic rings. The normalized spacial score (nSPS) is 12.3. The van der Waals surface area contributed by atoms with Gasteiger partial charge in [-0.2, -0.15) is 0 Å². The third-order valence-electron chi connectivity index (χ3n) is 3.02. The Morgan fingerprint density at radius 3 is 2.63 bits per heavy atom. The van der Waals surface area contributed by atoms with E-state index in [1.54, 1.807) is 18.2 Å². The lowest BCUT2D eigenvalue weighted by Gasteiger charge is -2.27. The van der Waals surface area contributed by atoms with Crippen LogP contribution in [0.4, 0.5) is 11.4 Å².